The van der Waals surface area contributed by atoms with E-state index in [1.807, 2.05) is 0 Å². The standard InChI is InChI=1S/C11H12O4S/c1-15-9(12)7-3-4-8(16-7)11(10(13)14)5-2-6-11/h3-4H,2,5-6H2,1H3,(H,13,14). The molecular formula is C11H12O4S. The molecule has 1 heterocycles. The highest BCUT2D eigenvalue weighted by Crippen LogP contribution is 2.46. The van der Waals surface area contributed by atoms with E-state index in [0.29, 0.717) is 17.7 Å². The molecule has 5 heteroatoms. The van der Waals surface area contributed by atoms with Crippen molar-refractivity contribution in [3.05, 3.63) is 21.9 Å². The minimum atomic E-state index is -0.794. The lowest BCUT2D eigenvalue weighted by Gasteiger charge is -2.36. The van der Waals surface area contributed by atoms with E-state index in [9.17, 15) is 14.7 Å². The summed E-state index contributed by atoms with van der Waals surface area (Å²) in [5.41, 5.74) is -0.753. The van der Waals surface area contributed by atoms with Gasteiger partial charge in [-0.1, -0.05) is 6.42 Å². The fourth-order valence-corrected chi connectivity index (χ4v) is 3.06. The van der Waals surface area contributed by atoms with E-state index >= 15 is 0 Å². The summed E-state index contributed by atoms with van der Waals surface area (Å²) in [6, 6.07) is 3.36. The number of carbonyl (C=O) groups is 2. The Kier molecular flexibility index (Phi) is 2.71. The highest BCUT2D eigenvalue weighted by molar-refractivity contribution is 7.14. The third-order valence-corrected chi connectivity index (χ3v) is 4.35. The van der Waals surface area contributed by atoms with Crippen molar-refractivity contribution >= 4 is 23.3 Å². The second-order valence-electron chi connectivity index (χ2n) is 3.90. The molecule has 0 aliphatic heterocycles. The third-order valence-electron chi connectivity index (χ3n) is 3.08. The highest BCUT2D eigenvalue weighted by Gasteiger charge is 2.47. The van der Waals surface area contributed by atoms with Gasteiger partial charge in [0.05, 0.1) is 7.11 Å². The molecule has 0 radical (unpaired) electrons. The van der Waals surface area contributed by atoms with Gasteiger partial charge < -0.3 is 9.84 Å². The Hall–Kier alpha value is -1.36. The van der Waals surface area contributed by atoms with Crippen molar-refractivity contribution in [2.45, 2.75) is 24.7 Å². The molecule has 1 saturated carbocycles. The maximum absolute atomic E-state index is 11.3. The molecule has 0 aromatic carbocycles. The Balaban J connectivity index is 2.31. The number of hydrogen-bond donors (Lipinski definition) is 1. The number of thiophene rings is 1. The van der Waals surface area contributed by atoms with Gasteiger partial charge >= 0.3 is 11.9 Å². The summed E-state index contributed by atoms with van der Waals surface area (Å²) < 4.78 is 4.60. The van der Waals surface area contributed by atoms with E-state index in [0.717, 1.165) is 11.3 Å². The van der Waals surface area contributed by atoms with Crippen LogP contribution >= 0.6 is 11.3 Å². The SMILES string of the molecule is COC(=O)c1ccc(C2(C(=O)O)CCC2)s1. The Labute approximate surface area is 96.9 Å². The molecule has 16 heavy (non-hydrogen) atoms. The van der Waals surface area contributed by atoms with Gasteiger partial charge in [-0.2, -0.15) is 0 Å². The molecule has 1 fully saturated rings. The number of rotatable bonds is 3. The topological polar surface area (TPSA) is 63.6 Å². The van der Waals surface area contributed by atoms with Crippen LogP contribution in [0.2, 0.25) is 0 Å². The number of esters is 1. The zero-order valence-corrected chi connectivity index (χ0v) is 9.67. The summed E-state index contributed by atoms with van der Waals surface area (Å²) in [4.78, 5) is 23.7. The van der Waals surface area contributed by atoms with Crippen LogP contribution in [-0.4, -0.2) is 24.2 Å². The number of hydrogen-bond acceptors (Lipinski definition) is 4. The van der Waals surface area contributed by atoms with Crippen LogP contribution in [0.25, 0.3) is 0 Å². The highest BCUT2D eigenvalue weighted by atomic mass is 32.1. The maximum Gasteiger partial charge on any atom is 0.348 e. The van der Waals surface area contributed by atoms with Crippen LogP contribution in [0.1, 0.15) is 33.8 Å². The van der Waals surface area contributed by atoms with Crippen molar-refractivity contribution < 1.29 is 19.4 Å². The largest absolute Gasteiger partial charge is 0.481 e. The number of carboxylic acid groups (broad SMARTS) is 1. The lowest BCUT2D eigenvalue weighted by molar-refractivity contribution is -0.147. The van der Waals surface area contributed by atoms with Crippen LogP contribution in [0.3, 0.4) is 0 Å². The number of methoxy groups -OCH3 is 1. The van der Waals surface area contributed by atoms with Gasteiger partial charge in [-0.15, -0.1) is 11.3 Å². The Morgan fingerprint density at radius 1 is 1.44 bits per heavy atom. The quantitative estimate of drug-likeness (QED) is 0.821. The van der Waals surface area contributed by atoms with Crippen LogP contribution in [0, 0.1) is 0 Å². The number of carboxylic acids is 1. The van der Waals surface area contributed by atoms with E-state index in [2.05, 4.69) is 4.74 Å². The molecule has 0 bridgehead atoms. The first-order chi connectivity index (χ1) is 7.60. The molecule has 86 valence electrons. The first-order valence-corrected chi connectivity index (χ1v) is 5.84. The van der Waals surface area contributed by atoms with Crippen molar-refractivity contribution in [3.63, 3.8) is 0 Å². The van der Waals surface area contributed by atoms with Crippen LogP contribution in [0.4, 0.5) is 0 Å². The molecule has 4 nitrogen and oxygen atoms in total. The zero-order chi connectivity index (χ0) is 11.8. The summed E-state index contributed by atoms with van der Waals surface area (Å²) in [5.74, 6) is -1.20. The molecule has 0 amide bonds. The number of aliphatic carboxylic acids is 1. The van der Waals surface area contributed by atoms with E-state index in [1.165, 1.54) is 18.4 Å². The second-order valence-corrected chi connectivity index (χ2v) is 4.98. The molecule has 1 aliphatic carbocycles. The lowest BCUT2D eigenvalue weighted by Crippen LogP contribution is -2.41. The Morgan fingerprint density at radius 3 is 2.56 bits per heavy atom. The van der Waals surface area contributed by atoms with Crippen molar-refractivity contribution in [2.24, 2.45) is 0 Å². The summed E-state index contributed by atoms with van der Waals surface area (Å²) in [7, 11) is 1.32. The van der Waals surface area contributed by atoms with Crippen molar-refractivity contribution in [1.82, 2.24) is 0 Å². The van der Waals surface area contributed by atoms with Gasteiger partial charge in [0.15, 0.2) is 0 Å². The molecule has 0 saturated heterocycles. The van der Waals surface area contributed by atoms with E-state index in [-0.39, 0.29) is 0 Å². The lowest BCUT2D eigenvalue weighted by atomic mass is 9.68. The van der Waals surface area contributed by atoms with E-state index in [4.69, 9.17) is 0 Å². The van der Waals surface area contributed by atoms with Gasteiger partial charge in [0.2, 0.25) is 0 Å². The Bertz CT molecular complexity index is 431. The number of carbonyl (C=O) groups excluding carboxylic acids is 1. The first kappa shape index (κ1) is 11.1. The van der Waals surface area contributed by atoms with E-state index in [1.54, 1.807) is 12.1 Å². The summed E-state index contributed by atoms with van der Waals surface area (Å²) >= 11 is 1.22. The van der Waals surface area contributed by atoms with Gasteiger partial charge in [0.25, 0.3) is 0 Å². The van der Waals surface area contributed by atoms with Crippen molar-refractivity contribution in [1.29, 1.82) is 0 Å². The maximum atomic E-state index is 11.3. The predicted octanol–water partition coefficient (Wildman–Crippen LogP) is 2.04. The smallest absolute Gasteiger partial charge is 0.348 e. The average Bonchev–Trinajstić information content (AvgIpc) is 2.63. The number of ether oxygens (including phenoxy) is 1. The van der Waals surface area contributed by atoms with Crippen molar-refractivity contribution in [3.8, 4) is 0 Å². The predicted molar refractivity (Wildman–Crippen MR) is 58.8 cm³/mol. The molecule has 0 unspecified atom stereocenters. The van der Waals surface area contributed by atoms with Crippen molar-refractivity contribution in [2.75, 3.05) is 7.11 Å². The second kappa shape index (κ2) is 3.90. The summed E-state index contributed by atoms with van der Waals surface area (Å²) in [5, 5.41) is 9.23. The first-order valence-electron chi connectivity index (χ1n) is 5.02. The summed E-state index contributed by atoms with van der Waals surface area (Å²) in [6.07, 6.45) is 2.24. The molecular weight excluding hydrogens is 228 g/mol. The van der Waals surface area contributed by atoms with E-state index < -0.39 is 17.4 Å². The third kappa shape index (κ3) is 1.51. The molecule has 2 rings (SSSR count). The minimum absolute atomic E-state index is 0.406. The molecule has 1 aromatic rings. The zero-order valence-electron chi connectivity index (χ0n) is 8.86. The molecule has 0 spiro atoms. The minimum Gasteiger partial charge on any atom is -0.481 e. The average molecular weight is 240 g/mol. The fraction of sp³-hybridized carbons (Fsp3) is 0.455. The normalized spacial score (nSPS) is 17.6. The van der Waals surface area contributed by atoms with Crippen LogP contribution < -0.4 is 0 Å². The van der Waals surface area contributed by atoms with Gasteiger partial charge in [-0.3, -0.25) is 4.79 Å². The fourth-order valence-electron chi connectivity index (χ4n) is 1.90. The molecule has 1 aromatic heterocycles. The van der Waals surface area contributed by atoms with Gasteiger partial charge in [-0.25, -0.2) is 4.79 Å². The molecule has 0 atom stereocenters. The monoisotopic (exact) mass is 240 g/mol. The van der Waals surface area contributed by atoms with Gasteiger partial charge in [-0.05, 0) is 25.0 Å². The summed E-state index contributed by atoms with van der Waals surface area (Å²) in [6.45, 7) is 0. The van der Waals surface area contributed by atoms with Gasteiger partial charge in [0.1, 0.15) is 10.3 Å². The Morgan fingerprint density at radius 2 is 2.12 bits per heavy atom. The molecule has 1 N–H and O–H groups in total. The van der Waals surface area contributed by atoms with Crippen LogP contribution in [0.5, 0.6) is 0 Å². The van der Waals surface area contributed by atoms with Crippen LogP contribution in [-0.2, 0) is 14.9 Å². The molecule has 1 aliphatic rings. The van der Waals surface area contributed by atoms with Gasteiger partial charge in [0, 0.05) is 4.88 Å². The van der Waals surface area contributed by atoms with Crippen LogP contribution in [0.15, 0.2) is 12.1 Å².